The SMILES string of the molecule is CCc1nc(C)c(C(=O)N[C@H]2CCCN(Cc3ncc[nH]3)CC2)o1. The number of hydrogen-bond donors (Lipinski definition) is 2. The molecule has 1 aliphatic heterocycles. The molecule has 0 spiro atoms. The van der Waals surface area contributed by atoms with E-state index < -0.39 is 0 Å². The van der Waals surface area contributed by atoms with Gasteiger partial charge in [-0.05, 0) is 32.7 Å². The van der Waals surface area contributed by atoms with Gasteiger partial charge < -0.3 is 14.7 Å². The molecule has 0 unspecified atom stereocenters. The van der Waals surface area contributed by atoms with Crippen LogP contribution in [0.5, 0.6) is 0 Å². The van der Waals surface area contributed by atoms with E-state index in [1.807, 2.05) is 20.0 Å². The minimum absolute atomic E-state index is 0.149. The van der Waals surface area contributed by atoms with Gasteiger partial charge in [-0.2, -0.15) is 0 Å². The van der Waals surface area contributed by atoms with Crippen molar-refractivity contribution < 1.29 is 9.21 Å². The molecule has 0 aromatic carbocycles. The van der Waals surface area contributed by atoms with Crippen molar-refractivity contribution in [3.05, 3.63) is 35.6 Å². The zero-order valence-electron chi connectivity index (χ0n) is 14.3. The highest BCUT2D eigenvalue weighted by atomic mass is 16.4. The Bertz CT molecular complexity index is 665. The molecule has 3 heterocycles. The summed E-state index contributed by atoms with van der Waals surface area (Å²) in [5, 5.41) is 3.11. The molecule has 24 heavy (non-hydrogen) atoms. The molecule has 1 aliphatic rings. The van der Waals surface area contributed by atoms with E-state index in [0.29, 0.717) is 23.8 Å². The minimum atomic E-state index is -0.149. The number of carbonyl (C=O) groups excluding carboxylic acids is 1. The number of likely N-dealkylation sites (tertiary alicyclic amines) is 1. The highest BCUT2D eigenvalue weighted by molar-refractivity contribution is 5.92. The number of imidazole rings is 1. The van der Waals surface area contributed by atoms with Crippen molar-refractivity contribution in [2.24, 2.45) is 0 Å². The molecular weight excluding hydrogens is 306 g/mol. The van der Waals surface area contributed by atoms with Crippen molar-refractivity contribution in [1.82, 2.24) is 25.2 Å². The summed E-state index contributed by atoms with van der Waals surface area (Å²) in [6.07, 6.45) is 7.29. The summed E-state index contributed by atoms with van der Waals surface area (Å²) in [5.41, 5.74) is 0.664. The number of carbonyl (C=O) groups is 1. The number of nitrogens with one attached hydrogen (secondary N) is 2. The molecule has 1 saturated heterocycles. The zero-order valence-corrected chi connectivity index (χ0v) is 14.3. The van der Waals surface area contributed by atoms with Crippen LogP contribution in [0.15, 0.2) is 16.8 Å². The second kappa shape index (κ2) is 7.61. The standard InChI is InChI=1S/C17H25N5O2/c1-3-15-20-12(2)16(24-15)17(23)21-13-5-4-9-22(10-6-13)11-14-18-7-8-19-14/h7-8,13H,3-6,9-11H2,1-2H3,(H,18,19)(H,21,23)/t13-/m0/s1. The number of rotatable bonds is 5. The molecule has 130 valence electrons. The summed E-state index contributed by atoms with van der Waals surface area (Å²) in [6, 6.07) is 0.175. The molecular formula is C17H25N5O2. The van der Waals surface area contributed by atoms with Crippen LogP contribution in [0.3, 0.4) is 0 Å². The Labute approximate surface area is 141 Å². The third-order valence-electron chi connectivity index (χ3n) is 4.43. The molecule has 1 atom stereocenters. The highest BCUT2D eigenvalue weighted by Crippen LogP contribution is 2.15. The van der Waals surface area contributed by atoms with E-state index in [2.05, 4.69) is 25.2 Å². The van der Waals surface area contributed by atoms with Crippen LogP contribution in [0.2, 0.25) is 0 Å². The van der Waals surface area contributed by atoms with Crippen LogP contribution in [0.4, 0.5) is 0 Å². The summed E-state index contributed by atoms with van der Waals surface area (Å²) in [5.74, 6) is 1.80. The minimum Gasteiger partial charge on any atom is -0.435 e. The molecule has 2 N–H and O–H groups in total. The molecule has 0 aliphatic carbocycles. The lowest BCUT2D eigenvalue weighted by atomic mass is 10.1. The van der Waals surface area contributed by atoms with Crippen LogP contribution in [0.25, 0.3) is 0 Å². The van der Waals surface area contributed by atoms with Crippen molar-refractivity contribution in [3.63, 3.8) is 0 Å². The van der Waals surface area contributed by atoms with E-state index in [4.69, 9.17) is 4.42 Å². The number of aryl methyl sites for hydroxylation is 2. The van der Waals surface area contributed by atoms with Crippen molar-refractivity contribution >= 4 is 5.91 Å². The Kier molecular flexibility index (Phi) is 5.30. The van der Waals surface area contributed by atoms with Crippen molar-refractivity contribution in [1.29, 1.82) is 0 Å². The van der Waals surface area contributed by atoms with E-state index in [1.54, 1.807) is 6.20 Å². The van der Waals surface area contributed by atoms with Gasteiger partial charge in [0.2, 0.25) is 5.76 Å². The second-order valence-electron chi connectivity index (χ2n) is 6.29. The first-order valence-corrected chi connectivity index (χ1v) is 8.63. The first-order chi connectivity index (χ1) is 11.7. The maximum absolute atomic E-state index is 12.4. The molecule has 7 heteroatoms. The maximum atomic E-state index is 12.4. The van der Waals surface area contributed by atoms with Crippen molar-refractivity contribution in [2.45, 2.75) is 52.1 Å². The van der Waals surface area contributed by atoms with Crippen LogP contribution >= 0.6 is 0 Å². The third-order valence-corrected chi connectivity index (χ3v) is 4.43. The Morgan fingerprint density at radius 3 is 3.04 bits per heavy atom. The number of aromatic nitrogens is 3. The third kappa shape index (κ3) is 4.03. The molecule has 1 amide bonds. The topological polar surface area (TPSA) is 87.0 Å². The Hall–Kier alpha value is -2.15. The van der Waals surface area contributed by atoms with Crippen LogP contribution < -0.4 is 5.32 Å². The summed E-state index contributed by atoms with van der Waals surface area (Å²) in [7, 11) is 0. The fourth-order valence-corrected chi connectivity index (χ4v) is 3.12. The van der Waals surface area contributed by atoms with Gasteiger partial charge in [0.15, 0.2) is 5.89 Å². The molecule has 0 radical (unpaired) electrons. The van der Waals surface area contributed by atoms with Crippen molar-refractivity contribution in [3.8, 4) is 0 Å². The Morgan fingerprint density at radius 1 is 1.46 bits per heavy atom. The van der Waals surface area contributed by atoms with Gasteiger partial charge in [-0.15, -0.1) is 0 Å². The highest BCUT2D eigenvalue weighted by Gasteiger charge is 2.23. The zero-order chi connectivity index (χ0) is 16.9. The van der Waals surface area contributed by atoms with Crippen LogP contribution in [0.1, 0.15) is 54.2 Å². The van der Waals surface area contributed by atoms with Gasteiger partial charge in [-0.1, -0.05) is 6.92 Å². The molecule has 2 aromatic rings. The molecule has 0 saturated carbocycles. The Balaban J connectivity index is 1.54. The van der Waals surface area contributed by atoms with Gasteiger partial charge in [-0.3, -0.25) is 9.69 Å². The van der Waals surface area contributed by atoms with Gasteiger partial charge in [0, 0.05) is 31.4 Å². The average Bonchev–Trinajstić information content (AvgIpc) is 3.15. The fraction of sp³-hybridized carbons (Fsp3) is 0.588. The van der Waals surface area contributed by atoms with Crippen molar-refractivity contribution in [2.75, 3.05) is 13.1 Å². The number of oxazole rings is 1. The monoisotopic (exact) mass is 331 g/mol. The maximum Gasteiger partial charge on any atom is 0.289 e. The predicted octanol–water partition coefficient (Wildman–Crippen LogP) is 2.05. The van der Waals surface area contributed by atoms with E-state index in [9.17, 15) is 4.79 Å². The predicted molar refractivity (Wildman–Crippen MR) is 89.6 cm³/mol. The quantitative estimate of drug-likeness (QED) is 0.875. The molecule has 1 fully saturated rings. The smallest absolute Gasteiger partial charge is 0.289 e. The number of H-pyrrole nitrogens is 1. The molecule has 7 nitrogen and oxygen atoms in total. The lowest BCUT2D eigenvalue weighted by Crippen LogP contribution is -2.35. The summed E-state index contributed by atoms with van der Waals surface area (Å²) >= 11 is 0. The van der Waals surface area contributed by atoms with E-state index in [0.717, 1.165) is 44.7 Å². The number of aromatic amines is 1. The molecule has 0 bridgehead atoms. The lowest BCUT2D eigenvalue weighted by molar-refractivity contribution is 0.0902. The first kappa shape index (κ1) is 16.7. The van der Waals surface area contributed by atoms with E-state index in [1.165, 1.54) is 0 Å². The summed E-state index contributed by atoms with van der Waals surface area (Å²) < 4.78 is 5.54. The number of amides is 1. The molecule has 2 aromatic heterocycles. The van der Waals surface area contributed by atoms with Crippen LogP contribution in [-0.4, -0.2) is 44.9 Å². The lowest BCUT2D eigenvalue weighted by Gasteiger charge is -2.19. The molecule has 3 rings (SSSR count). The summed E-state index contributed by atoms with van der Waals surface area (Å²) in [6.45, 7) is 6.58. The van der Waals surface area contributed by atoms with Gasteiger partial charge in [0.1, 0.15) is 5.82 Å². The normalized spacial score (nSPS) is 19.2. The summed E-state index contributed by atoms with van der Waals surface area (Å²) in [4.78, 5) is 26.5. The Morgan fingerprint density at radius 2 is 2.33 bits per heavy atom. The van der Waals surface area contributed by atoms with E-state index in [-0.39, 0.29) is 11.9 Å². The fourth-order valence-electron chi connectivity index (χ4n) is 3.12. The van der Waals surface area contributed by atoms with Gasteiger partial charge >= 0.3 is 0 Å². The largest absolute Gasteiger partial charge is 0.435 e. The van der Waals surface area contributed by atoms with Gasteiger partial charge in [0.05, 0.1) is 12.2 Å². The first-order valence-electron chi connectivity index (χ1n) is 8.63. The average molecular weight is 331 g/mol. The van der Waals surface area contributed by atoms with Gasteiger partial charge in [-0.25, -0.2) is 9.97 Å². The van der Waals surface area contributed by atoms with Gasteiger partial charge in [0.25, 0.3) is 5.91 Å². The number of hydrogen-bond acceptors (Lipinski definition) is 5. The van der Waals surface area contributed by atoms with Crippen LogP contribution in [0, 0.1) is 6.92 Å². The number of nitrogens with zero attached hydrogens (tertiary/aromatic N) is 3. The second-order valence-corrected chi connectivity index (χ2v) is 6.29. The van der Waals surface area contributed by atoms with Crippen LogP contribution in [-0.2, 0) is 13.0 Å². The van der Waals surface area contributed by atoms with E-state index >= 15 is 0 Å².